The zero-order valence-corrected chi connectivity index (χ0v) is 20.2. The third-order valence-corrected chi connectivity index (χ3v) is 6.04. The van der Waals surface area contributed by atoms with Gasteiger partial charge in [-0.05, 0) is 30.7 Å². The van der Waals surface area contributed by atoms with E-state index in [9.17, 15) is 19.2 Å². The molecule has 0 radical (unpaired) electrons. The predicted octanol–water partition coefficient (Wildman–Crippen LogP) is 2.00. The fourth-order valence-corrected chi connectivity index (χ4v) is 3.76. The number of nitrogens with zero attached hydrogens (tertiary/aromatic N) is 4. The fourth-order valence-electron chi connectivity index (χ4n) is 3.76. The van der Waals surface area contributed by atoms with Crippen molar-refractivity contribution in [2.24, 2.45) is 0 Å². The van der Waals surface area contributed by atoms with Gasteiger partial charge in [0.05, 0.1) is 22.3 Å². The van der Waals surface area contributed by atoms with Crippen LogP contribution in [0.5, 0.6) is 5.75 Å². The van der Waals surface area contributed by atoms with Gasteiger partial charge in [-0.3, -0.25) is 23.7 Å². The minimum Gasteiger partial charge on any atom is -0.482 e. The summed E-state index contributed by atoms with van der Waals surface area (Å²) in [5.41, 5.74) is 1.60. The highest BCUT2D eigenvalue weighted by atomic mass is 16.5. The summed E-state index contributed by atoms with van der Waals surface area (Å²) in [6, 6.07) is 10.5. The Kier molecular flexibility index (Phi) is 6.43. The molecule has 0 spiro atoms. The summed E-state index contributed by atoms with van der Waals surface area (Å²) in [7, 11) is 3.25. The summed E-state index contributed by atoms with van der Waals surface area (Å²) in [5, 5.41) is 2.65. The number of para-hydroxylation sites is 1. The summed E-state index contributed by atoms with van der Waals surface area (Å²) < 4.78 is 6.52. The van der Waals surface area contributed by atoms with Crippen LogP contribution in [0.15, 0.2) is 66.4 Å². The van der Waals surface area contributed by atoms with Crippen LogP contribution in [0, 0.1) is 0 Å². The SMILES string of the molecule is C=C(NC(=O)C(=C)n1cnc2c(-c3ccc4c(c3)N(C)C(=O)CO4)cccc2c1=O)C(=O)N(C)CC. The molecule has 1 aliphatic rings. The summed E-state index contributed by atoms with van der Waals surface area (Å²) >= 11 is 0. The van der Waals surface area contributed by atoms with Gasteiger partial charge in [-0.2, -0.15) is 0 Å². The normalized spacial score (nSPS) is 12.5. The number of carbonyl (C=O) groups is 3. The average molecular weight is 488 g/mol. The summed E-state index contributed by atoms with van der Waals surface area (Å²) in [5.74, 6) is -0.778. The van der Waals surface area contributed by atoms with Crippen molar-refractivity contribution in [3.63, 3.8) is 0 Å². The van der Waals surface area contributed by atoms with Crippen molar-refractivity contribution in [3.8, 4) is 16.9 Å². The number of hydrogen-bond donors (Lipinski definition) is 1. The fraction of sp³-hybridized carbons (Fsp3) is 0.192. The second-order valence-electron chi connectivity index (χ2n) is 8.24. The lowest BCUT2D eigenvalue weighted by molar-refractivity contribution is -0.127. The molecule has 1 aromatic heterocycles. The Hall–Kier alpha value is -4.73. The van der Waals surface area contributed by atoms with Crippen molar-refractivity contribution >= 4 is 40.0 Å². The second kappa shape index (κ2) is 9.49. The standard InChI is InChI=1S/C26H25N5O5/c1-6-29(4)25(34)15(2)28-24(33)16(3)31-14-27-23-18(8-7-9-19(23)26(31)35)17-10-11-21-20(12-17)30(5)22(32)13-36-21/h7-12,14H,2-3,6,13H2,1,4-5H3,(H,28,33). The molecular weight excluding hydrogens is 462 g/mol. The smallest absolute Gasteiger partial charge is 0.272 e. The van der Waals surface area contributed by atoms with Crippen LogP contribution in [0.1, 0.15) is 6.92 Å². The first kappa shape index (κ1) is 24.4. The van der Waals surface area contributed by atoms with Gasteiger partial charge in [0.25, 0.3) is 23.3 Å². The minimum absolute atomic E-state index is 0.0213. The van der Waals surface area contributed by atoms with E-state index in [2.05, 4.69) is 23.5 Å². The Labute approximate surface area is 207 Å². The van der Waals surface area contributed by atoms with Crippen molar-refractivity contribution in [3.05, 3.63) is 71.9 Å². The molecule has 1 aliphatic heterocycles. The number of hydrogen-bond acceptors (Lipinski definition) is 6. The first-order valence-electron chi connectivity index (χ1n) is 11.1. The predicted molar refractivity (Wildman–Crippen MR) is 136 cm³/mol. The summed E-state index contributed by atoms with van der Waals surface area (Å²) in [6.45, 7) is 9.51. The highest BCUT2D eigenvalue weighted by Crippen LogP contribution is 2.36. The lowest BCUT2D eigenvalue weighted by atomic mass is 10.0. The van der Waals surface area contributed by atoms with Gasteiger partial charge >= 0.3 is 0 Å². The highest BCUT2D eigenvalue weighted by Gasteiger charge is 2.23. The van der Waals surface area contributed by atoms with Gasteiger partial charge in [0.1, 0.15) is 17.8 Å². The maximum Gasteiger partial charge on any atom is 0.272 e. The second-order valence-corrected chi connectivity index (χ2v) is 8.24. The maximum absolute atomic E-state index is 13.3. The molecule has 0 unspecified atom stereocenters. The van der Waals surface area contributed by atoms with Crippen molar-refractivity contribution in [2.75, 3.05) is 32.1 Å². The zero-order chi connectivity index (χ0) is 26.1. The van der Waals surface area contributed by atoms with Crippen LogP contribution in [-0.4, -0.2) is 59.4 Å². The molecule has 4 rings (SSSR count). The Morgan fingerprint density at radius 2 is 1.94 bits per heavy atom. The van der Waals surface area contributed by atoms with Gasteiger partial charge in [0.2, 0.25) is 0 Å². The van der Waals surface area contributed by atoms with Gasteiger partial charge in [-0.25, -0.2) is 4.98 Å². The molecule has 1 N–H and O–H groups in total. The van der Waals surface area contributed by atoms with Gasteiger partial charge in [0, 0.05) is 26.2 Å². The lowest BCUT2D eigenvalue weighted by Crippen LogP contribution is -2.37. The molecule has 0 saturated carbocycles. The van der Waals surface area contributed by atoms with Gasteiger partial charge in [0.15, 0.2) is 6.61 Å². The number of benzene rings is 2. The van der Waals surface area contributed by atoms with E-state index >= 15 is 0 Å². The molecule has 10 heteroatoms. The van der Waals surface area contributed by atoms with Crippen LogP contribution in [0.4, 0.5) is 5.69 Å². The van der Waals surface area contributed by atoms with E-state index in [0.717, 1.165) is 10.1 Å². The van der Waals surface area contributed by atoms with E-state index in [-0.39, 0.29) is 29.3 Å². The molecule has 0 bridgehead atoms. The van der Waals surface area contributed by atoms with Crippen LogP contribution in [0.2, 0.25) is 0 Å². The lowest BCUT2D eigenvalue weighted by Gasteiger charge is -2.26. The Morgan fingerprint density at radius 1 is 1.19 bits per heavy atom. The van der Waals surface area contributed by atoms with Crippen molar-refractivity contribution in [1.82, 2.24) is 19.8 Å². The van der Waals surface area contributed by atoms with Crippen molar-refractivity contribution < 1.29 is 19.1 Å². The quantitative estimate of drug-likeness (QED) is 0.532. The van der Waals surface area contributed by atoms with Crippen LogP contribution in [-0.2, 0) is 14.4 Å². The number of carbonyl (C=O) groups excluding carboxylic acids is 3. The molecule has 0 aliphatic carbocycles. The van der Waals surface area contributed by atoms with Crippen LogP contribution in [0.3, 0.4) is 0 Å². The molecule has 0 fully saturated rings. The van der Waals surface area contributed by atoms with Crippen LogP contribution >= 0.6 is 0 Å². The molecule has 184 valence electrons. The number of nitrogens with one attached hydrogen (secondary N) is 1. The van der Waals surface area contributed by atoms with Crippen molar-refractivity contribution in [2.45, 2.75) is 6.92 Å². The molecule has 10 nitrogen and oxygen atoms in total. The first-order chi connectivity index (χ1) is 17.1. The number of rotatable bonds is 6. The zero-order valence-electron chi connectivity index (χ0n) is 20.2. The molecule has 0 saturated heterocycles. The van der Waals surface area contributed by atoms with E-state index in [0.29, 0.717) is 29.1 Å². The Bertz CT molecular complexity index is 1510. The molecule has 3 amide bonds. The average Bonchev–Trinajstić information content (AvgIpc) is 2.89. The van der Waals surface area contributed by atoms with Crippen LogP contribution < -0.4 is 20.5 Å². The number of anilines is 1. The van der Waals surface area contributed by atoms with E-state index in [4.69, 9.17) is 4.74 Å². The molecule has 2 heterocycles. The Balaban J connectivity index is 1.68. The minimum atomic E-state index is -0.750. The Morgan fingerprint density at radius 3 is 2.67 bits per heavy atom. The van der Waals surface area contributed by atoms with Crippen LogP contribution in [0.25, 0.3) is 27.7 Å². The molecule has 36 heavy (non-hydrogen) atoms. The van der Waals surface area contributed by atoms with E-state index < -0.39 is 17.4 Å². The van der Waals surface area contributed by atoms with E-state index in [1.54, 1.807) is 45.3 Å². The number of aromatic nitrogens is 2. The van der Waals surface area contributed by atoms with E-state index in [1.807, 2.05) is 12.1 Å². The van der Waals surface area contributed by atoms with Crippen molar-refractivity contribution in [1.29, 1.82) is 0 Å². The van der Waals surface area contributed by atoms with Gasteiger partial charge in [-0.1, -0.05) is 31.4 Å². The molecular formula is C26H25N5O5. The number of fused-ring (bicyclic) bond motifs is 2. The topological polar surface area (TPSA) is 114 Å². The molecule has 0 atom stereocenters. The van der Waals surface area contributed by atoms with Gasteiger partial charge in [-0.15, -0.1) is 0 Å². The molecule has 2 aromatic carbocycles. The monoisotopic (exact) mass is 487 g/mol. The number of ether oxygens (including phenoxy) is 1. The third-order valence-electron chi connectivity index (χ3n) is 6.04. The van der Waals surface area contributed by atoms with Gasteiger partial charge < -0.3 is 19.9 Å². The molecule has 3 aromatic rings. The third kappa shape index (κ3) is 4.24. The largest absolute Gasteiger partial charge is 0.482 e. The summed E-state index contributed by atoms with van der Waals surface area (Å²) in [6.07, 6.45) is 1.22. The number of amides is 3. The summed E-state index contributed by atoms with van der Waals surface area (Å²) in [4.78, 5) is 57.5. The highest BCUT2D eigenvalue weighted by molar-refractivity contribution is 6.15. The van der Waals surface area contributed by atoms with E-state index in [1.165, 1.54) is 16.1 Å². The maximum atomic E-state index is 13.3. The number of likely N-dealkylation sites (N-methyl/N-ethyl adjacent to an activating group) is 2. The first-order valence-corrected chi connectivity index (χ1v) is 11.1.